The Balaban J connectivity index is 0.916. The number of anilines is 3. The number of hydrogen-bond donors (Lipinski definition) is 2. The molecule has 0 saturated carbocycles. The Kier molecular flexibility index (Phi) is 9.91. The Hall–Kier alpha value is -9.05. The molecule has 0 radical (unpaired) electrons. The summed E-state index contributed by atoms with van der Waals surface area (Å²) in [6.45, 7) is 0. The summed E-state index contributed by atoms with van der Waals surface area (Å²) in [5, 5.41) is 17.5. The molecule has 0 saturated heterocycles. The van der Waals surface area contributed by atoms with E-state index in [1.807, 2.05) is 0 Å². The molecule has 0 aliphatic carbocycles. The molecule has 0 aromatic heterocycles. The van der Waals surface area contributed by atoms with Crippen LogP contribution in [0.15, 0.2) is 260 Å². The predicted molar refractivity (Wildman–Crippen MR) is 293 cm³/mol. The minimum absolute atomic E-state index is 0.211. The average molecular weight is 880 g/mol. The molecule has 1 heterocycles. The molecule has 1 atom stereocenters. The van der Waals surface area contributed by atoms with Gasteiger partial charge in [-0.2, -0.15) is 0 Å². The third-order valence-electron chi connectivity index (χ3n) is 13.8. The van der Waals surface area contributed by atoms with Crippen LogP contribution < -0.4 is 10.6 Å². The topological polar surface area (TPSA) is 36.4 Å². The number of hydrogen-bond acceptors (Lipinski definition) is 3. The van der Waals surface area contributed by atoms with E-state index in [-0.39, 0.29) is 6.04 Å². The highest BCUT2D eigenvalue weighted by molar-refractivity contribution is 6.18. The first-order valence-electron chi connectivity index (χ1n) is 23.7. The van der Waals surface area contributed by atoms with Crippen molar-refractivity contribution < 1.29 is 0 Å². The van der Waals surface area contributed by atoms with E-state index < -0.39 is 0 Å². The van der Waals surface area contributed by atoms with Gasteiger partial charge in [0.1, 0.15) is 0 Å². The molecule has 0 bridgehead atoms. The van der Waals surface area contributed by atoms with Crippen molar-refractivity contribution >= 4 is 71.6 Å². The van der Waals surface area contributed by atoms with Crippen molar-refractivity contribution in [2.75, 3.05) is 10.6 Å². The molecule has 1 aliphatic heterocycles. The fourth-order valence-electron chi connectivity index (χ4n) is 10.5. The Morgan fingerprint density at radius 3 is 1.75 bits per heavy atom. The summed E-state index contributed by atoms with van der Waals surface area (Å²) in [5.41, 5.74) is 16.8. The Morgan fingerprint density at radius 1 is 0.348 bits per heavy atom. The normalized spacial score (nSPS) is 13.3. The molecule has 1 unspecified atom stereocenters. The van der Waals surface area contributed by atoms with E-state index >= 15 is 0 Å². The lowest BCUT2D eigenvalue weighted by Crippen LogP contribution is -2.25. The van der Waals surface area contributed by atoms with Gasteiger partial charge in [-0.15, -0.1) is 0 Å². The summed E-state index contributed by atoms with van der Waals surface area (Å²) in [5.74, 6) is 0. The van der Waals surface area contributed by atoms with Crippen LogP contribution in [0.25, 0.3) is 87.6 Å². The monoisotopic (exact) mass is 879 g/mol. The first kappa shape index (κ1) is 40.2. The molecule has 3 heteroatoms. The summed E-state index contributed by atoms with van der Waals surface area (Å²) in [6, 6.07) is 91.9. The van der Waals surface area contributed by atoms with E-state index in [1.165, 1.54) is 76.8 Å². The number of para-hydroxylation sites is 2. The molecule has 12 aromatic carbocycles. The van der Waals surface area contributed by atoms with Crippen LogP contribution in [0.5, 0.6) is 0 Å². The molecule has 324 valence electrons. The van der Waals surface area contributed by atoms with Crippen LogP contribution in [-0.2, 0) is 0 Å². The highest BCUT2D eigenvalue weighted by Gasteiger charge is 2.28. The van der Waals surface area contributed by atoms with Crippen molar-refractivity contribution in [2.45, 2.75) is 6.04 Å². The van der Waals surface area contributed by atoms with E-state index in [1.54, 1.807) is 0 Å². The fraction of sp³-hybridized carbons (Fsp3) is 0.0152. The van der Waals surface area contributed by atoms with Crippen LogP contribution in [0.1, 0.15) is 17.2 Å². The van der Waals surface area contributed by atoms with Crippen LogP contribution in [0.2, 0.25) is 0 Å². The molecule has 69 heavy (non-hydrogen) atoms. The third kappa shape index (κ3) is 7.38. The summed E-state index contributed by atoms with van der Waals surface area (Å²) in [6.07, 6.45) is 0. The van der Waals surface area contributed by atoms with E-state index in [4.69, 9.17) is 4.99 Å². The molecule has 1 aliphatic rings. The SMILES string of the molecule is c1ccc(-c2cc(-c3ccccc3)cc(C3Nc4ccccc4N=C3c3cccc4cc(Nc5ccc6ccccc6c5-c5ccc(-c6ccc7ccccc7c6)c6ccccc56)ccc34)c2)cc1. The summed E-state index contributed by atoms with van der Waals surface area (Å²) in [4.78, 5) is 5.49. The van der Waals surface area contributed by atoms with E-state index in [0.29, 0.717) is 0 Å². The van der Waals surface area contributed by atoms with Crippen LogP contribution >= 0.6 is 0 Å². The minimum Gasteiger partial charge on any atom is -0.371 e. The predicted octanol–water partition coefficient (Wildman–Crippen LogP) is 18.0. The zero-order valence-electron chi connectivity index (χ0n) is 37.8. The van der Waals surface area contributed by atoms with Crippen LogP contribution in [-0.4, -0.2) is 5.71 Å². The Bertz CT molecular complexity index is 3910. The van der Waals surface area contributed by atoms with Crippen LogP contribution in [0.3, 0.4) is 0 Å². The second-order valence-corrected chi connectivity index (χ2v) is 18.0. The number of nitrogens with one attached hydrogen (secondary N) is 2. The Morgan fingerprint density at radius 2 is 0.971 bits per heavy atom. The molecule has 0 fully saturated rings. The summed E-state index contributed by atoms with van der Waals surface area (Å²) >= 11 is 0. The number of fused-ring (bicyclic) bond motifs is 5. The van der Waals surface area contributed by atoms with Gasteiger partial charge < -0.3 is 10.6 Å². The smallest absolute Gasteiger partial charge is 0.0947 e. The number of nitrogens with zero attached hydrogens (tertiary/aromatic N) is 1. The van der Waals surface area contributed by atoms with Gasteiger partial charge in [0.15, 0.2) is 0 Å². The molecule has 3 nitrogen and oxygen atoms in total. The largest absolute Gasteiger partial charge is 0.371 e. The van der Waals surface area contributed by atoms with Crippen molar-refractivity contribution in [3.8, 4) is 44.5 Å². The zero-order valence-corrected chi connectivity index (χ0v) is 37.8. The molecule has 12 aromatic rings. The second kappa shape index (κ2) is 17.0. The van der Waals surface area contributed by atoms with Crippen LogP contribution in [0, 0.1) is 0 Å². The zero-order chi connectivity index (χ0) is 45.7. The van der Waals surface area contributed by atoms with Gasteiger partial charge in [-0.05, 0) is 142 Å². The first-order valence-corrected chi connectivity index (χ1v) is 23.7. The van der Waals surface area contributed by atoms with Gasteiger partial charge in [0, 0.05) is 22.5 Å². The Labute approximate surface area is 401 Å². The number of benzene rings is 12. The minimum atomic E-state index is -0.211. The van der Waals surface area contributed by atoms with E-state index in [9.17, 15) is 0 Å². The van der Waals surface area contributed by atoms with Gasteiger partial charge in [0.2, 0.25) is 0 Å². The highest BCUT2D eigenvalue weighted by Crippen LogP contribution is 2.45. The maximum absolute atomic E-state index is 5.49. The van der Waals surface area contributed by atoms with Gasteiger partial charge in [0.05, 0.1) is 23.1 Å². The molecule has 2 N–H and O–H groups in total. The summed E-state index contributed by atoms with van der Waals surface area (Å²) < 4.78 is 0. The molecule has 0 amide bonds. The van der Waals surface area contributed by atoms with Gasteiger partial charge in [0.25, 0.3) is 0 Å². The van der Waals surface area contributed by atoms with Crippen LogP contribution in [0.4, 0.5) is 22.7 Å². The lowest BCUT2D eigenvalue weighted by molar-refractivity contribution is 1.02. The van der Waals surface area contributed by atoms with Crippen molar-refractivity contribution in [1.82, 2.24) is 0 Å². The average Bonchev–Trinajstić information content (AvgIpc) is 3.42. The third-order valence-corrected chi connectivity index (χ3v) is 13.8. The molecular weight excluding hydrogens is 835 g/mol. The number of aliphatic imine (C=N–C) groups is 1. The fourth-order valence-corrected chi connectivity index (χ4v) is 10.5. The van der Waals surface area contributed by atoms with Gasteiger partial charge in [-0.25, -0.2) is 4.99 Å². The maximum Gasteiger partial charge on any atom is 0.0947 e. The quantitative estimate of drug-likeness (QED) is 0.160. The number of rotatable bonds is 8. The highest BCUT2D eigenvalue weighted by atomic mass is 15.0. The standard InChI is InChI=1S/C66H45N3/c1-3-16-43(17-4-1)50-39-51(44-18-5-2-6-19-44)41-52(40-50)65-66(69-62-29-14-13-28-61(62)68-65)60-27-15-23-48-42-53(33-34-55(48)60)67-63-37-32-46-21-9-10-24-56(46)64(63)59-36-35-54(57-25-11-12-26-58(57)59)49-31-30-45-20-7-8-22-47(45)38-49/h1-42,65,67-68H. The summed E-state index contributed by atoms with van der Waals surface area (Å²) in [7, 11) is 0. The molecular formula is C66H45N3. The lowest BCUT2D eigenvalue weighted by Gasteiger charge is -2.29. The van der Waals surface area contributed by atoms with Crippen molar-refractivity contribution in [3.63, 3.8) is 0 Å². The molecule has 13 rings (SSSR count). The van der Waals surface area contributed by atoms with Crippen molar-refractivity contribution in [2.24, 2.45) is 4.99 Å². The molecule has 0 spiro atoms. The second-order valence-electron chi connectivity index (χ2n) is 18.0. The van der Waals surface area contributed by atoms with Crippen molar-refractivity contribution in [3.05, 3.63) is 266 Å². The lowest BCUT2D eigenvalue weighted by atomic mass is 9.87. The van der Waals surface area contributed by atoms with Gasteiger partial charge in [-0.3, -0.25) is 0 Å². The van der Waals surface area contributed by atoms with E-state index in [0.717, 1.165) is 50.4 Å². The van der Waals surface area contributed by atoms with E-state index in [2.05, 4.69) is 265 Å². The maximum atomic E-state index is 5.49. The van der Waals surface area contributed by atoms with Crippen molar-refractivity contribution in [1.29, 1.82) is 0 Å². The van der Waals surface area contributed by atoms with Gasteiger partial charge in [-0.1, -0.05) is 200 Å². The van der Waals surface area contributed by atoms with Gasteiger partial charge >= 0.3 is 0 Å². The first-order chi connectivity index (χ1) is 34.2.